The first-order valence-electron chi connectivity index (χ1n) is 6.40. The van der Waals surface area contributed by atoms with E-state index in [0.29, 0.717) is 18.2 Å². The third kappa shape index (κ3) is 3.83. The maximum atomic E-state index is 11.9. The van der Waals surface area contributed by atoms with Crippen LogP contribution in [0.15, 0.2) is 23.6 Å². The zero-order chi connectivity index (χ0) is 14.6. The van der Waals surface area contributed by atoms with E-state index in [4.69, 9.17) is 11.6 Å². The number of aromatic nitrogens is 2. The molecule has 0 spiro atoms. The van der Waals surface area contributed by atoms with Gasteiger partial charge in [0.25, 0.3) is 5.56 Å². The first-order valence-corrected chi connectivity index (χ1v) is 6.77. The van der Waals surface area contributed by atoms with Crippen LogP contribution in [0, 0.1) is 11.3 Å². The smallest absolute Gasteiger partial charge is 0.287 e. The lowest BCUT2D eigenvalue weighted by Crippen LogP contribution is -2.30. The summed E-state index contributed by atoms with van der Waals surface area (Å²) in [5, 5.41) is 7.45. The molecule has 0 fully saturated rings. The number of rotatable bonds is 6. The summed E-state index contributed by atoms with van der Waals surface area (Å²) < 4.78 is 1.29. The van der Waals surface area contributed by atoms with Crippen molar-refractivity contribution >= 4 is 17.3 Å². The van der Waals surface area contributed by atoms with Crippen LogP contribution in [0.25, 0.3) is 0 Å². The summed E-state index contributed by atoms with van der Waals surface area (Å²) in [6.45, 7) is 13.4. The highest BCUT2D eigenvalue weighted by Crippen LogP contribution is 2.27. The first kappa shape index (κ1) is 15.8. The van der Waals surface area contributed by atoms with Gasteiger partial charge in [-0.3, -0.25) is 4.79 Å². The van der Waals surface area contributed by atoms with E-state index >= 15 is 0 Å². The highest BCUT2D eigenvalue weighted by atomic mass is 35.5. The summed E-state index contributed by atoms with van der Waals surface area (Å²) in [5.41, 5.74) is 0.397. The van der Waals surface area contributed by atoms with Crippen LogP contribution < -0.4 is 10.9 Å². The standard InChI is InChI=1S/C14H22ClN3O/c1-6-7-18-13(19)12(15)11(8-17-18)16-9-14(4,5)10(2)3/h6,8,10,16H,1,7,9H2,2-5H3. The molecule has 0 saturated carbocycles. The Labute approximate surface area is 119 Å². The van der Waals surface area contributed by atoms with Crippen molar-refractivity contribution in [3.8, 4) is 0 Å². The van der Waals surface area contributed by atoms with Crippen molar-refractivity contribution < 1.29 is 0 Å². The lowest BCUT2D eigenvalue weighted by atomic mass is 9.81. The van der Waals surface area contributed by atoms with E-state index in [1.165, 1.54) is 4.68 Å². The van der Waals surface area contributed by atoms with Crippen molar-refractivity contribution in [2.24, 2.45) is 11.3 Å². The average molecular weight is 284 g/mol. The molecule has 1 heterocycles. The zero-order valence-corrected chi connectivity index (χ0v) is 12.8. The molecule has 0 radical (unpaired) electrons. The Bertz CT molecular complexity index is 506. The monoisotopic (exact) mass is 283 g/mol. The molecule has 0 aliphatic heterocycles. The van der Waals surface area contributed by atoms with Crippen LogP contribution in [-0.2, 0) is 6.54 Å². The van der Waals surface area contributed by atoms with E-state index in [9.17, 15) is 4.79 Å². The van der Waals surface area contributed by atoms with Gasteiger partial charge >= 0.3 is 0 Å². The molecule has 19 heavy (non-hydrogen) atoms. The maximum Gasteiger partial charge on any atom is 0.287 e. The minimum Gasteiger partial charge on any atom is -0.382 e. The predicted octanol–water partition coefficient (Wildman–Crippen LogP) is 3.18. The number of allylic oxidation sites excluding steroid dienone is 1. The molecule has 0 aliphatic rings. The summed E-state index contributed by atoms with van der Waals surface area (Å²) in [7, 11) is 0. The second-order valence-electron chi connectivity index (χ2n) is 5.64. The molecule has 0 atom stereocenters. The number of nitrogens with one attached hydrogen (secondary N) is 1. The van der Waals surface area contributed by atoms with Crippen molar-refractivity contribution in [3.63, 3.8) is 0 Å². The molecule has 5 heteroatoms. The number of hydrogen-bond donors (Lipinski definition) is 1. The highest BCUT2D eigenvalue weighted by Gasteiger charge is 2.22. The van der Waals surface area contributed by atoms with Gasteiger partial charge in [0.2, 0.25) is 0 Å². The lowest BCUT2D eigenvalue weighted by molar-refractivity contribution is 0.269. The Balaban J connectivity index is 2.90. The Kier molecular flexibility index (Phi) is 5.18. The van der Waals surface area contributed by atoms with Crippen LogP contribution in [0.4, 0.5) is 5.69 Å². The van der Waals surface area contributed by atoms with Gasteiger partial charge in [-0.2, -0.15) is 5.10 Å². The highest BCUT2D eigenvalue weighted by molar-refractivity contribution is 6.32. The Morgan fingerprint density at radius 3 is 2.74 bits per heavy atom. The van der Waals surface area contributed by atoms with Crippen molar-refractivity contribution in [2.45, 2.75) is 34.2 Å². The molecule has 0 unspecified atom stereocenters. The quantitative estimate of drug-likeness (QED) is 0.816. The van der Waals surface area contributed by atoms with Gasteiger partial charge in [0.05, 0.1) is 18.4 Å². The molecule has 106 valence electrons. The minimum atomic E-state index is -0.297. The Morgan fingerprint density at radius 2 is 2.21 bits per heavy atom. The number of anilines is 1. The van der Waals surface area contributed by atoms with E-state index < -0.39 is 0 Å². The van der Waals surface area contributed by atoms with Crippen molar-refractivity contribution in [2.75, 3.05) is 11.9 Å². The Morgan fingerprint density at radius 1 is 1.58 bits per heavy atom. The molecular formula is C14H22ClN3O. The van der Waals surface area contributed by atoms with E-state index in [1.54, 1.807) is 12.3 Å². The van der Waals surface area contributed by atoms with Crippen molar-refractivity contribution in [1.82, 2.24) is 9.78 Å². The normalized spacial score (nSPS) is 11.7. The lowest BCUT2D eigenvalue weighted by Gasteiger charge is -2.29. The fourth-order valence-corrected chi connectivity index (χ4v) is 1.58. The second kappa shape index (κ2) is 6.24. The molecule has 1 N–H and O–H groups in total. The van der Waals surface area contributed by atoms with Gasteiger partial charge in [-0.15, -0.1) is 6.58 Å². The fourth-order valence-electron chi connectivity index (χ4n) is 1.37. The molecule has 1 aromatic rings. The maximum absolute atomic E-state index is 11.9. The minimum absolute atomic E-state index is 0.110. The van der Waals surface area contributed by atoms with Crippen molar-refractivity contribution in [1.29, 1.82) is 0 Å². The van der Waals surface area contributed by atoms with Crippen LogP contribution in [0.2, 0.25) is 5.02 Å². The molecule has 0 aromatic carbocycles. The Hall–Kier alpha value is -1.29. The molecule has 0 saturated heterocycles. The van der Waals surface area contributed by atoms with Gasteiger partial charge in [-0.05, 0) is 11.3 Å². The largest absolute Gasteiger partial charge is 0.382 e. The summed E-state index contributed by atoms with van der Waals surface area (Å²) in [6.07, 6.45) is 3.20. The molecular weight excluding hydrogens is 262 g/mol. The molecule has 1 rings (SSSR count). The van der Waals surface area contributed by atoms with E-state index in [1.807, 2.05) is 0 Å². The van der Waals surface area contributed by atoms with Crippen LogP contribution >= 0.6 is 11.6 Å². The van der Waals surface area contributed by atoms with Gasteiger partial charge in [0.15, 0.2) is 0 Å². The molecule has 0 aliphatic carbocycles. The third-order valence-corrected chi connectivity index (χ3v) is 3.95. The number of halogens is 1. The fraction of sp³-hybridized carbons (Fsp3) is 0.571. The van der Waals surface area contributed by atoms with Crippen LogP contribution in [-0.4, -0.2) is 16.3 Å². The summed E-state index contributed by atoms with van der Waals surface area (Å²) in [4.78, 5) is 11.9. The van der Waals surface area contributed by atoms with Gasteiger partial charge in [0.1, 0.15) is 5.02 Å². The summed E-state index contributed by atoms with van der Waals surface area (Å²) >= 11 is 6.07. The number of nitrogens with zero attached hydrogens (tertiary/aromatic N) is 2. The van der Waals surface area contributed by atoms with Gasteiger partial charge < -0.3 is 5.32 Å². The van der Waals surface area contributed by atoms with Crippen molar-refractivity contribution in [3.05, 3.63) is 34.2 Å². The zero-order valence-electron chi connectivity index (χ0n) is 12.0. The predicted molar refractivity (Wildman–Crippen MR) is 80.8 cm³/mol. The van der Waals surface area contributed by atoms with E-state index in [0.717, 1.165) is 6.54 Å². The van der Waals surface area contributed by atoms with Gasteiger partial charge in [-0.25, -0.2) is 4.68 Å². The van der Waals surface area contributed by atoms with Crippen LogP contribution in [0.5, 0.6) is 0 Å². The first-order chi connectivity index (χ1) is 8.79. The van der Waals surface area contributed by atoms with Crippen LogP contribution in [0.1, 0.15) is 27.7 Å². The van der Waals surface area contributed by atoms with Gasteiger partial charge in [0, 0.05) is 6.54 Å². The molecule has 1 aromatic heterocycles. The van der Waals surface area contributed by atoms with E-state index in [-0.39, 0.29) is 16.0 Å². The summed E-state index contributed by atoms with van der Waals surface area (Å²) in [6, 6.07) is 0. The molecule has 0 bridgehead atoms. The number of hydrogen-bond acceptors (Lipinski definition) is 3. The van der Waals surface area contributed by atoms with Crippen LogP contribution in [0.3, 0.4) is 0 Å². The topological polar surface area (TPSA) is 46.9 Å². The molecule has 4 nitrogen and oxygen atoms in total. The summed E-state index contributed by atoms with van der Waals surface area (Å²) in [5.74, 6) is 0.521. The SMILES string of the molecule is C=CCn1ncc(NCC(C)(C)C(C)C)c(Cl)c1=O. The average Bonchev–Trinajstić information content (AvgIpc) is 2.34. The third-order valence-electron chi connectivity index (χ3n) is 3.58. The molecule has 0 amide bonds. The van der Waals surface area contributed by atoms with E-state index in [2.05, 4.69) is 44.7 Å². The van der Waals surface area contributed by atoms with Gasteiger partial charge in [-0.1, -0.05) is 45.4 Å². The second-order valence-corrected chi connectivity index (χ2v) is 6.02.